The molecule has 1 aromatic heterocycles. The summed E-state index contributed by atoms with van der Waals surface area (Å²) in [5.74, 6) is -3.98. The molecule has 0 spiro atoms. The zero-order valence-electron chi connectivity index (χ0n) is 17.3. The van der Waals surface area contributed by atoms with E-state index in [0.717, 1.165) is 0 Å². The van der Waals surface area contributed by atoms with Crippen molar-refractivity contribution in [2.45, 2.75) is 39.3 Å². The van der Waals surface area contributed by atoms with Crippen molar-refractivity contribution in [2.75, 3.05) is 26.4 Å². The SMILES string of the molecule is CCOC(=O)C1=C(C(=O)OCC)C(C(=O)OCC)(C(=O)OCC)NC1c1cccs1. The van der Waals surface area contributed by atoms with Gasteiger partial charge in [-0.2, -0.15) is 0 Å². The van der Waals surface area contributed by atoms with Crippen LogP contribution in [-0.4, -0.2) is 55.8 Å². The predicted molar refractivity (Wildman–Crippen MR) is 106 cm³/mol. The standard InChI is InChI=1S/C20H25NO8S/c1-5-26-16(22)13-14(17(23)27-6-2)20(18(24)28-7-3,19(25)29-8-4)21-15(13)12-10-9-11-30-12/h9-11,15,21H,5-8H2,1-4H3. The van der Waals surface area contributed by atoms with Crippen molar-refractivity contribution < 1.29 is 38.1 Å². The van der Waals surface area contributed by atoms with Gasteiger partial charge in [-0.3, -0.25) is 5.32 Å². The van der Waals surface area contributed by atoms with Crippen LogP contribution in [0.5, 0.6) is 0 Å². The van der Waals surface area contributed by atoms with E-state index in [0.29, 0.717) is 4.88 Å². The molecule has 1 aliphatic heterocycles. The number of esters is 4. The van der Waals surface area contributed by atoms with Crippen LogP contribution in [-0.2, 0) is 38.1 Å². The second kappa shape index (κ2) is 10.4. The molecule has 1 atom stereocenters. The highest BCUT2D eigenvalue weighted by Gasteiger charge is 2.63. The quantitative estimate of drug-likeness (QED) is 0.348. The first kappa shape index (κ1) is 23.6. The summed E-state index contributed by atoms with van der Waals surface area (Å²) in [6, 6.07) is 2.47. The van der Waals surface area contributed by atoms with Crippen LogP contribution in [0.15, 0.2) is 28.7 Å². The zero-order valence-corrected chi connectivity index (χ0v) is 18.1. The fourth-order valence-electron chi connectivity index (χ4n) is 3.16. The molecule has 0 aromatic carbocycles. The van der Waals surface area contributed by atoms with Crippen LogP contribution in [0, 0.1) is 0 Å². The first-order valence-corrected chi connectivity index (χ1v) is 10.5. The second-order valence-corrected chi connectivity index (χ2v) is 6.99. The van der Waals surface area contributed by atoms with Gasteiger partial charge in [0.15, 0.2) is 0 Å². The van der Waals surface area contributed by atoms with Crippen molar-refractivity contribution in [3.63, 3.8) is 0 Å². The Morgan fingerprint density at radius 1 is 0.900 bits per heavy atom. The van der Waals surface area contributed by atoms with Crippen LogP contribution in [0.3, 0.4) is 0 Å². The van der Waals surface area contributed by atoms with Crippen LogP contribution in [0.4, 0.5) is 0 Å². The summed E-state index contributed by atoms with van der Waals surface area (Å²) in [5.41, 5.74) is -3.02. The van der Waals surface area contributed by atoms with Crippen molar-refractivity contribution in [2.24, 2.45) is 0 Å². The summed E-state index contributed by atoms with van der Waals surface area (Å²) in [6.07, 6.45) is 0. The highest BCUT2D eigenvalue weighted by Crippen LogP contribution is 2.42. The summed E-state index contributed by atoms with van der Waals surface area (Å²) in [4.78, 5) is 52.6. The third-order valence-corrected chi connectivity index (χ3v) is 5.20. The maximum absolute atomic E-state index is 13.1. The molecule has 0 saturated carbocycles. The summed E-state index contributed by atoms with van der Waals surface area (Å²) < 4.78 is 20.5. The third-order valence-electron chi connectivity index (χ3n) is 4.26. The van der Waals surface area contributed by atoms with Gasteiger partial charge in [0.2, 0.25) is 5.54 Å². The predicted octanol–water partition coefficient (Wildman–Crippen LogP) is 1.68. The van der Waals surface area contributed by atoms with Gasteiger partial charge in [0.05, 0.1) is 43.6 Å². The van der Waals surface area contributed by atoms with Crippen LogP contribution in [0.1, 0.15) is 38.6 Å². The van der Waals surface area contributed by atoms with E-state index in [1.54, 1.807) is 45.2 Å². The Morgan fingerprint density at radius 3 is 1.90 bits per heavy atom. The lowest BCUT2D eigenvalue weighted by molar-refractivity contribution is -0.165. The van der Waals surface area contributed by atoms with E-state index in [9.17, 15) is 19.2 Å². The molecule has 1 unspecified atom stereocenters. The van der Waals surface area contributed by atoms with E-state index in [1.165, 1.54) is 11.3 Å². The monoisotopic (exact) mass is 439 g/mol. The molecular weight excluding hydrogens is 414 g/mol. The molecule has 1 aliphatic rings. The lowest BCUT2D eigenvalue weighted by atomic mass is 9.89. The Labute approximate surface area is 178 Å². The normalized spacial score (nSPS) is 17.4. The zero-order chi connectivity index (χ0) is 22.3. The molecule has 0 saturated heterocycles. The maximum Gasteiger partial charge on any atom is 0.343 e. The summed E-state index contributed by atoms with van der Waals surface area (Å²) in [5, 5.41) is 4.60. The number of carbonyl (C=O) groups excluding carboxylic acids is 4. The Bertz CT molecular complexity index is 812. The number of hydrogen-bond donors (Lipinski definition) is 1. The molecule has 2 rings (SSSR count). The van der Waals surface area contributed by atoms with Gasteiger partial charge in [0.25, 0.3) is 0 Å². The van der Waals surface area contributed by atoms with E-state index >= 15 is 0 Å². The minimum Gasteiger partial charge on any atom is -0.464 e. The van der Waals surface area contributed by atoms with Gasteiger partial charge in [-0.1, -0.05) is 6.07 Å². The molecule has 0 radical (unpaired) electrons. The van der Waals surface area contributed by atoms with E-state index in [4.69, 9.17) is 18.9 Å². The highest BCUT2D eigenvalue weighted by molar-refractivity contribution is 7.10. The second-order valence-electron chi connectivity index (χ2n) is 6.01. The molecule has 0 fully saturated rings. The van der Waals surface area contributed by atoms with Gasteiger partial charge in [-0.25, -0.2) is 19.2 Å². The minimum atomic E-state index is -2.37. The summed E-state index contributed by atoms with van der Waals surface area (Å²) in [7, 11) is 0. The topological polar surface area (TPSA) is 117 Å². The molecule has 0 bridgehead atoms. The first-order valence-electron chi connectivity index (χ1n) is 9.63. The number of hydrogen-bond acceptors (Lipinski definition) is 10. The van der Waals surface area contributed by atoms with Gasteiger partial charge < -0.3 is 18.9 Å². The molecule has 164 valence electrons. The van der Waals surface area contributed by atoms with Crippen molar-refractivity contribution in [3.05, 3.63) is 33.5 Å². The van der Waals surface area contributed by atoms with E-state index in [1.807, 2.05) is 0 Å². The van der Waals surface area contributed by atoms with Crippen molar-refractivity contribution >= 4 is 35.2 Å². The van der Waals surface area contributed by atoms with Crippen LogP contribution >= 0.6 is 11.3 Å². The Morgan fingerprint density at radius 2 is 1.43 bits per heavy atom. The van der Waals surface area contributed by atoms with Gasteiger partial charge >= 0.3 is 23.9 Å². The van der Waals surface area contributed by atoms with Crippen LogP contribution in [0.2, 0.25) is 0 Å². The highest BCUT2D eigenvalue weighted by atomic mass is 32.1. The number of ether oxygens (including phenoxy) is 4. The molecule has 10 heteroatoms. The minimum absolute atomic E-state index is 0.0292. The number of rotatable bonds is 9. The van der Waals surface area contributed by atoms with Crippen LogP contribution in [0.25, 0.3) is 0 Å². The van der Waals surface area contributed by atoms with Gasteiger partial charge in [0.1, 0.15) is 0 Å². The van der Waals surface area contributed by atoms with E-state index in [2.05, 4.69) is 5.32 Å². The largest absolute Gasteiger partial charge is 0.464 e. The molecule has 0 amide bonds. The number of thiophene rings is 1. The Hall–Kier alpha value is -2.72. The van der Waals surface area contributed by atoms with Gasteiger partial charge in [-0.05, 0) is 39.1 Å². The molecule has 9 nitrogen and oxygen atoms in total. The molecule has 0 aliphatic carbocycles. The Kier molecular flexibility index (Phi) is 8.13. The van der Waals surface area contributed by atoms with Gasteiger partial charge in [0, 0.05) is 4.88 Å². The summed E-state index contributed by atoms with van der Waals surface area (Å²) >= 11 is 1.28. The Balaban J connectivity index is 2.83. The fourth-order valence-corrected chi connectivity index (χ4v) is 3.94. The maximum atomic E-state index is 13.1. The van der Waals surface area contributed by atoms with E-state index < -0.39 is 41.0 Å². The smallest absolute Gasteiger partial charge is 0.343 e. The van der Waals surface area contributed by atoms with Crippen molar-refractivity contribution in [3.8, 4) is 0 Å². The number of carbonyl (C=O) groups is 4. The average Bonchev–Trinajstić information content (AvgIpc) is 3.35. The fraction of sp³-hybridized carbons (Fsp3) is 0.500. The lowest BCUT2D eigenvalue weighted by Gasteiger charge is -2.28. The van der Waals surface area contributed by atoms with E-state index in [-0.39, 0.29) is 32.0 Å². The lowest BCUT2D eigenvalue weighted by Crippen LogP contribution is -2.60. The molecule has 1 aromatic rings. The molecule has 30 heavy (non-hydrogen) atoms. The average molecular weight is 439 g/mol. The molecule has 1 N–H and O–H groups in total. The third kappa shape index (κ3) is 4.24. The van der Waals surface area contributed by atoms with Crippen molar-refractivity contribution in [1.82, 2.24) is 5.32 Å². The summed E-state index contributed by atoms with van der Waals surface area (Å²) in [6.45, 7) is 6.16. The van der Waals surface area contributed by atoms with Crippen LogP contribution < -0.4 is 5.32 Å². The van der Waals surface area contributed by atoms with Gasteiger partial charge in [-0.15, -0.1) is 11.3 Å². The first-order chi connectivity index (χ1) is 14.4. The molecular formula is C20H25NO8S. The number of nitrogens with one attached hydrogen (secondary N) is 1. The molecule has 2 heterocycles. The van der Waals surface area contributed by atoms with Crippen molar-refractivity contribution in [1.29, 1.82) is 0 Å².